The van der Waals surface area contributed by atoms with Gasteiger partial charge in [-0.05, 0) is 25.8 Å². The molecule has 0 atom stereocenters. The molecule has 1 fully saturated rings. The molecular formula is C14H27NO2. The zero-order valence-electron chi connectivity index (χ0n) is 11.8. The SMILES string of the molecule is CN(CCC(=O)C(C)(C)C)CC1CCOCC1. The summed E-state index contributed by atoms with van der Waals surface area (Å²) in [4.78, 5) is 14.1. The van der Waals surface area contributed by atoms with E-state index in [4.69, 9.17) is 4.74 Å². The van der Waals surface area contributed by atoms with E-state index in [0.29, 0.717) is 12.2 Å². The monoisotopic (exact) mass is 241 g/mol. The Morgan fingerprint density at radius 3 is 2.41 bits per heavy atom. The summed E-state index contributed by atoms with van der Waals surface area (Å²) in [5.74, 6) is 1.11. The Kier molecular flexibility index (Phi) is 5.60. The molecule has 100 valence electrons. The average molecular weight is 241 g/mol. The smallest absolute Gasteiger partial charge is 0.139 e. The zero-order valence-corrected chi connectivity index (χ0v) is 11.8. The van der Waals surface area contributed by atoms with Gasteiger partial charge in [-0.15, -0.1) is 0 Å². The topological polar surface area (TPSA) is 29.5 Å². The molecule has 1 aliphatic rings. The number of hydrogen-bond donors (Lipinski definition) is 0. The summed E-state index contributed by atoms with van der Waals surface area (Å²) in [6.45, 7) is 9.77. The van der Waals surface area contributed by atoms with Crippen molar-refractivity contribution in [2.24, 2.45) is 11.3 Å². The summed E-state index contributed by atoms with van der Waals surface area (Å²) >= 11 is 0. The molecule has 0 N–H and O–H groups in total. The summed E-state index contributed by atoms with van der Waals surface area (Å²) in [6, 6.07) is 0. The minimum absolute atomic E-state index is 0.195. The van der Waals surface area contributed by atoms with E-state index in [1.165, 1.54) is 0 Å². The van der Waals surface area contributed by atoms with E-state index in [1.807, 2.05) is 20.8 Å². The Morgan fingerprint density at radius 1 is 1.29 bits per heavy atom. The van der Waals surface area contributed by atoms with Crippen LogP contribution in [0.15, 0.2) is 0 Å². The predicted molar refractivity (Wildman–Crippen MR) is 70.1 cm³/mol. The number of ketones is 1. The maximum Gasteiger partial charge on any atom is 0.139 e. The van der Waals surface area contributed by atoms with Gasteiger partial charge in [0, 0.05) is 38.1 Å². The number of carbonyl (C=O) groups is 1. The van der Waals surface area contributed by atoms with E-state index in [2.05, 4.69) is 11.9 Å². The molecule has 0 aliphatic carbocycles. The second-order valence-electron chi connectivity index (χ2n) is 6.24. The lowest BCUT2D eigenvalue weighted by Gasteiger charge is -2.27. The van der Waals surface area contributed by atoms with Gasteiger partial charge in [0.15, 0.2) is 0 Å². The van der Waals surface area contributed by atoms with Crippen LogP contribution in [0, 0.1) is 11.3 Å². The van der Waals surface area contributed by atoms with Crippen LogP contribution in [0.25, 0.3) is 0 Å². The Balaban J connectivity index is 2.20. The highest BCUT2D eigenvalue weighted by atomic mass is 16.5. The molecule has 1 saturated heterocycles. The molecule has 3 nitrogen and oxygen atoms in total. The van der Waals surface area contributed by atoms with Gasteiger partial charge in [-0.25, -0.2) is 0 Å². The van der Waals surface area contributed by atoms with Crippen LogP contribution in [0.3, 0.4) is 0 Å². The Labute approximate surface area is 106 Å². The lowest BCUT2D eigenvalue weighted by molar-refractivity contribution is -0.126. The van der Waals surface area contributed by atoms with E-state index in [1.54, 1.807) is 0 Å². The number of Topliss-reactive ketones (excluding diaryl/α,β-unsaturated/α-hetero) is 1. The van der Waals surface area contributed by atoms with Crippen molar-refractivity contribution in [3.05, 3.63) is 0 Å². The fourth-order valence-corrected chi connectivity index (χ4v) is 2.13. The van der Waals surface area contributed by atoms with Crippen molar-refractivity contribution in [1.82, 2.24) is 4.90 Å². The molecule has 1 aliphatic heterocycles. The first kappa shape index (κ1) is 14.7. The lowest BCUT2D eigenvalue weighted by atomic mass is 9.89. The Bertz CT molecular complexity index is 239. The number of carbonyl (C=O) groups excluding carboxylic acids is 1. The van der Waals surface area contributed by atoms with Gasteiger partial charge in [0.1, 0.15) is 5.78 Å². The molecule has 1 heterocycles. The third-order valence-corrected chi connectivity index (χ3v) is 3.47. The predicted octanol–water partition coefficient (Wildman–Crippen LogP) is 2.35. The first-order chi connectivity index (χ1) is 7.89. The van der Waals surface area contributed by atoms with Crippen LogP contribution in [0.4, 0.5) is 0 Å². The molecular weight excluding hydrogens is 214 g/mol. The van der Waals surface area contributed by atoms with Crippen LogP contribution in [0.1, 0.15) is 40.0 Å². The summed E-state index contributed by atoms with van der Waals surface area (Å²) < 4.78 is 5.35. The number of hydrogen-bond acceptors (Lipinski definition) is 3. The first-order valence-corrected chi connectivity index (χ1v) is 6.69. The summed E-state index contributed by atoms with van der Waals surface area (Å²) in [6.07, 6.45) is 3.00. The van der Waals surface area contributed by atoms with Crippen molar-refractivity contribution in [1.29, 1.82) is 0 Å². The van der Waals surface area contributed by atoms with Crippen LogP contribution in [-0.4, -0.2) is 44.0 Å². The molecule has 0 aromatic heterocycles. The number of rotatable bonds is 5. The van der Waals surface area contributed by atoms with Crippen LogP contribution < -0.4 is 0 Å². The van der Waals surface area contributed by atoms with Crippen LogP contribution in [-0.2, 0) is 9.53 Å². The lowest BCUT2D eigenvalue weighted by Crippen LogP contribution is -2.32. The van der Waals surface area contributed by atoms with Crippen LogP contribution >= 0.6 is 0 Å². The summed E-state index contributed by atoms with van der Waals surface area (Å²) in [5, 5.41) is 0. The van der Waals surface area contributed by atoms with E-state index in [0.717, 1.165) is 45.1 Å². The summed E-state index contributed by atoms with van der Waals surface area (Å²) in [7, 11) is 2.12. The number of ether oxygens (including phenoxy) is 1. The molecule has 17 heavy (non-hydrogen) atoms. The molecule has 0 aromatic carbocycles. The Morgan fingerprint density at radius 2 is 1.88 bits per heavy atom. The Hall–Kier alpha value is -0.410. The van der Waals surface area contributed by atoms with Crippen molar-refractivity contribution >= 4 is 5.78 Å². The molecule has 0 radical (unpaired) electrons. The van der Waals surface area contributed by atoms with Gasteiger partial charge in [-0.2, -0.15) is 0 Å². The molecule has 0 bridgehead atoms. The van der Waals surface area contributed by atoms with Crippen molar-refractivity contribution in [2.75, 3.05) is 33.4 Å². The van der Waals surface area contributed by atoms with E-state index < -0.39 is 0 Å². The normalized spacial score (nSPS) is 18.6. The average Bonchev–Trinajstić information content (AvgIpc) is 2.26. The van der Waals surface area contributed by atoms with Crippen LogP contribution in [0.5, 0.6) is 0 Å². The number of nitrogens with zero attached hydrogens (tertiary/aromatic N) is 1. The van der Waals surface area contributed by atoms with Gasteiger partial charge in [0.2, 0.25) is 0 Å². The van der Waals surface area contributed by atoms with Crippen LogP contribution in [0.2, 0.25) is 0 Å². The quantitative estimate of drug-likeness (QED) is 0.740. The third kappa shape index (κ3) is 5.64. The highest BCUT2D eigenvalue weighted by molar-refractivity contribution is 5.83. The molecule has 3 heteroatoms. The largest absolute Gasteiger partial charge is 0.381 e. The van der Waals surface area contributed by atoms with Gasteiger partial charge in [-0.1, -0.05) is 20.8 Å². The van der Waals surface area contributed by atoms with E-state index in [9.17, 15) is 4.79 Å². The van der Waals surface area contributed by atoms with Gasteiger partial charge >= 0.3 is 0 Å². The second-order valence-corrected chi connectivity index (χ2v) is 6.24. The minimum Gasteiger partial charge on any atom is -0.381 e. The van der Waals surface area contributed by atoms with Gasteiger partial charge < -0.3 is 9.64 Å². The van der Waals surface area contributed by atoms with E-state index in [-0.39, 0.29) is 5.41 Å². The maximum absolute atomic E-state index is 11.8. The second kappa shape index (κ2) is 6.50. The molecule has 0 unspecified atom stereocenters. The zero-order chi connectivity index (χ0) is 12.9. The standard InChI is InChI=1S/C14H27NO2/c1-14(2,3)13(16)5-8-15(4)11-12-6-9-17-10-7-12/h12H,5-11H2,1-4H3. The highest BCUT2D eigenvalue weighted by Crippen LogP contribution is 2.18. The van der Waals surface area contributed by atoms with Gasteiger partial charge in [-0.3, -0.25) is 4.79 Å². The van der Waals surface area contributed by atoms with Crippen molar-refractivity contribution in [2.45, 2.75) is 40.0 Å². The van der Waals surface area contributed by atoms with Crippen molar-refractivity contribution in [3.63, 3.8) is 0 Å². The van der Waals surface area contributed by atoms with Gasteiger partial charge in [0.25, 0.3) is 0 Å². The highest BCUT2D eigenvalue weighted by Gasteiger charge is 2.21. The van der Waals surface area contributed by atoms with Crippen molar-refractivity contribution < 1.29 is 9.53 Å². The molecule has 0 amide bonds. The summed E-state index contributed by atoms with van der Waals surface area (Å²) in [5.41, 5.74) is -0.195. The third-order valence-electron chi connectivity index (χ3n) is 3.47. The molecule has 1 rings (SSSR count). The van der Waals surface area contributed by atoms with E-state index >= 15 is 0 Å². The molecule has 0 saturated carbocycles. The van der Waals surface area contributed by atoms with Gasteiger partial charge in [0.05, 0.1) is 0 Å². The maximum atomic E-state index is 11.8. The molecule has 0 aromatic rings. The first-order valence-electron chi connectivity index (χ1n) is 6.69. The van der Waals surface area contributed by atoms with Crippen molar-refractivity contribution in [3.8, 4) is 0 Å². The molecule has 0 spiro atoms. The minimum atomic E-state index is -0.195. The fraction of sp³-hybridized carbons (Fsp3) is 0.929. The fourth-order valence-electron chi connectivity index (χ4n) is 2.13.